The number of aromatic nitrogens is 1. The first-order chi connectivity index (χ1) is 12.6. The summed E-state index contributed by atoms with van der Waals surface area (Å²) in [6.07, 6.45) is 0.237. The molecule has 1 heterocycles. The van der Waals surface area contributed by atoms with Crippen LogP contribution in [0.1, 0.15) is 11.1 Å². The number of nitrogens with one attached hydrogen (secondary N) is 2. The highest BCUT2D eigenvalue weighted by Crippen LogP contribution is 2.26. The molecule has 0 saturated heterocycles. The average Bonchev–Trinajstić information content (AvgIpc) is 2.98. The summed E-state index contributed by atoms with van der Waals surface area (Å²) in [5.41, 5.74) is 3.43. The Hall–Kier alpha value is -3.21. The Morgan fingerprint density at radius 2 is 1.54 bits per heavy atom. The molecule has 4 rings (SSSR count). The molecule has 0 aliphatic carbocycles. The van der Waals surface area contributed by atoms with Crippen LogP contribution >= 0.6 is 0 Å². The highest BCUT2D eigenvalue weighted by molar-refractivity contribution is 6.07. The maximum absolute atomic E-state index is 13.5. The number of carbonyl (C=O) groups excluding carboxylic acids is 1. The molecule has 130 valence electrons. The molecule has 0 fully saturated rings. The topological polar surface area (TPSA) is 44.9 Å². The van der Waals surface area contributed by atoms with Crippen LogP contribution in [0.2, 0.25) is 0 Å². The van der Waals surface area contributed by atoms with Gasteiger partial charge in [0.1, 0.15) is 11.6 Å². The summed E-state index contributed by atoms with van der Waals surface area (Å²) >= 11 is 0. The molecule has 4 aromatic rings. The summed E-state index contributed by atoms with van der Waals surface area (Å²) in [5, 5.41) is 4.58. The van der Waals surface area contributed by atoms with Crippen LogP contribution in [0.5, 0.6) is 0 Å². The number of halogens is 2. The fourth-order valence-electron chi connectivity index (χ4n) is 3.08. The van der Waals surface area contributed by atoms with Gasteiger partial charge in [0.25, 0.3) is 0 Å². The van der Waals surface area contributed by atoms with E-state index in [2.05, 4.69) is 10.3 Å². The second-order valence-electron chi connectivity index (χ2n) is 6.27. The van der Waals surface area contributed by atoms with Crippen molar-refractivity contribution in [1.29, 1.82) is 0 Å². The molecule has 0 unspecified atom stereocenters. The number of hydrogen-bond acceptors (Lipinski definition) is 1. The van der Waals surface area contributed by atoms with Crippen LogP contribution in [0.25, 0.3) is 21.8 Å². The molecule has 3 nitrogen and oxygen atoms in total. The molecule has 0 atom stereocenters. The van der Waals surface area contributed by atoms with Crippen molar-refractivity contribution in [2.45, 2.75) is 13.0 Å². The maximum atomic E-state index is 13.5. The minimum Gasteiger partial charge on any atom is -0.354 e. The molecule has 0 aliphatic heterocycles. The quantitative estimate of drug-likeness (QED) is 0.561. The van der Waals surface area contributed by atoms with Gasteiger partial charge in [-0.1, -0.05) is 24.3 Å². The zero-order valence-corrected chi connectivity index (χ0v) is 13.9. The number of rotatable bonds is 4. The molecule has 1 amide bonds. The zero-order chi connectivity index (χ0) is 18.1. The Balaban J connectivity index is 1.48. The van der Waals surface area contributed by atoms with Crippen LogP contribution in [0, 0.1) is 11.6 Å². The Kier molecular flexibility index (Phi) is 4.13. The highest BCUT2D eigenvalue weighted by atomic mass is 19.1. The molecule has 0 spiro atoms. The van der Waals surface area contributed by atoms with Gasteiger partial charge in [0.15, 0.2) is 0 Å². The fourth-order valence-corrected chi connectivity index (χ4v) is 3.08. The van der Waals surface area contributed by atoms with E-state index in [4.69, 9.17) is 0 Å². The molecular formula is C21H16F2N2O. The summed E-state index contributed by atoms with van der Waals surface area (Å²) < 4.78 is 26.3. The van der Waals surface area contributed by atoms with E-state index in [0.29, 0.717) is 6.54 Å². The van der Waals surface area contributed by atoms with Gasteiger partial charge < -0.3 is 10.3 Å². The van der Waals surface area contributed by atoms with E-state index < -0.39 is 0 Å². The Labute approximate surface area is 148 Å². The smallest absolute Gasteiger partial charge is 0.224 e. The second-order valence-corrected chi connectivity index (χ2v) is 6.27. The Morgan fingerprint density at radius 1 is 0.808 bits per heavy atom. The van der Waals surface area contributed by atoms with Crippen LogP contribution in [0.4, 0.5) is 8.78 Å². The average molecular weight is 350 g/mol. The van der Waals surface area contributed by atoms with Crippen LogP contribution < -0.4 is 5.32 Å². The van der Waals surface area contributed by atoms with Crippen LogP contribution in [-0.4, -0.2) is 10.9 Å². The number of hydrogen-bond donors (Lipinski definition) is 2. The lowest BCUT2D eigenvalue weighted by Gasteiger charge is -2.06. The van der Waals surface area contributed by atoms with E-state index in [0.717, 1.165) is 32.9 Å². The van der Waals surface area contributed by atoms with E-state index >= 15 is 0 Å². The first-order valence-corrected chi connectivity index (χ1v) is 8.29. The molecule has 0 saturated carbocycles. The highest BCUT2D eigenvalue weighted by Gasteiger charge is 2.08. The SMILES string of the molecule is O=C(Cc1ccc2c(c1)[nH]c1ccc(F)cc12)NCc1ccc(F)cc1. The minimum absolute atomic E-state index is 0.115. The van der Waals surface area contributed by atoms with Gasteiger partial charge in [0.2, 0.25) is 5.91 Å². The van der Waals surface area contributed by atoms with Crippen molar-refractivity contribution in [1.82, 2.24) is 10.3 Å². The summed E-state index contributed by atoms with van der Waals surface area (Å²) in [6, 6.07) is 16.3. The largest absolute Gasteiger partial charge is 0.354 e. The molecule has 0 aliphatic rings. The molecule has 5 heteroatoms. The van der Waals surface area contributed by atoms with Crippen molar-refractivity contribution in [3.8, 4) is 0 Å². The van der Waals surface area contributed by atoms with Gasteiger partial charge in [0, 0.05) is 28.4 Å². The number of carbonyl (C=O) groups is 1. The van der Waals surface area contributed by atoms with Crippen molar-refractivity contribution in [3.63, 3.8) is 0 Å². The molecule has 26 heavy (non-hydrogen) atoms. The minimum atomic E-state index is -0.299. The number of aromatic amines is 1. The standard InChI is InChI=1S/C21H16F2N2O/c22-15-4-1-13(2-5-15)12-24-21(26)10-14-3-7-17-18-11-16(23)6-8-19(18)25-20(17)9-14/h1-9,11,25H,10,12H2,(H,24,26). The lowest BCUT2D eigenvalue weighted by atomic mass is 10.1. The fraction of sp³-hybridized carbons (Fsp3) is 0.0952. The normalized spacial score (nSPS) is 11.2. The van der Waals surface area contributed by atoms with E-state index in [1.165, 1.54) is 24.3 Å². The van der Waals surface area contributed by atoms with Gasteiger partial charge in [-0.3, -0.25) is 4.79 Å². The molecule has 0 radical (unpaired) electrons. The van der Waals surface area contributed by atoms with E-state index in [1.807, 2.05) is 18.2 Å². The predicted molar refractivity (Wildman–Crippen MR) is 97.7 cm³/mol. The molecule has 0 bridgehead atoms. The summed E-state index contributed by atoms with van der Waals surface area (Å²) in [7, 11) is 0. The van der Waals surface area contributed by atoms with Crippen molar-refractivity contribution >= 4 is 27.7 Å². The van der Waals surface area contributed by atoms with Crippen molar-refractivity contribution in [3.05, 3.63) is 83.4 Å². The third-order valence-electron chi connectivity index (χ3n) is 4.39. The lowest BCUT2D eigenvalue weighted by Crippen LogP contribution is -2.24. The van der Waals surface area contributed by atoms with Gasteiger partial charge in [-0.25, -0.2) is 8.78 Å². The molecule has 3 aromatic carbocycles. The van der Waals surface area contributed by atoms with Gasteiger partial charge in [0.05, 0.1) is 6.42 Å². The lowest BCUT2D eigenvalue weighted by molar-refractivity contribution is -0.120. The second kappa shape index (κ2) is 6.59. The Bertz CT molecular complexity index is 1100. The number of amides is 1. The van der Waals surface area contributed by atoms with Crippen molar-refractivity contribution in [2.75, 3.05) is 0 Å². The molecular weight excluding hydrogens is 334 g/mol. The first kappa shape index (κ1) is 16.3. The van der Waals surface area contributed by atoms with Crippen LogP contribution in [-0.2, 0) is 17.8 Å². The molecule has 2 N–H and O–H groups in total. The predicted octanol–water partition coefficient (Wildman–Crippen LogP) is 4.46. The number of H-pyrrole nitrogens is 1. The number of fused-ring (bicyclic) bond motifs is 3. The van der Waals surface area contributed by atoms with Gasteiger partial charge >= 0.3 is 0 Å². The van der Waals surface area contributed by atoms with Crippen molar-refractivity contribution in [2.24, 2.45) is 0 Å². The summed E-state index contributed by atoms with van der Waals surface area (Å²) in [6.45, 7) is 0.354. The van der Waals surface area contributed by atoms with Crippen molar-refractivity contribution < 1.29 is 13.6 Å². The zero-order valence-electron chi connectivity index (χ0n) is 13.9. The third kappa shape index (κ3) is 3.28. The monoisotopic (exact) mass is 350 g/mol. The Morgan fingerprint density at radius 3 is 2.35 bits per heavy atom. The van der Waals surface area contributed by atoms with Crippen LogP contribution in [0.15, 0.2) is 60.7 Å². The van der Waals surface area contributed by atoms with E-state index in [-0.39, 0.29) is 24.0 Å². The van der Waals surface area contributed by atoms with Gasteiger partial charge in [-0.15, -0.1) is 0 Å². The summed E-state index contributed by atoms with van der Waals surface area (Å²) in [5.74, 6) is -0.690. The van der Waals surface area contributed by atoms with E-state index in [1.54, 1.807) is 18.2 Å². The van der Waals surface area contributed by atoms with Gasteiger partial charge in [-0.05, 0) is 47.5 Å². The summed E-state index contributed by atoms with van der Waals surface area (Å²) in [4.78, 5) is 15.4. The third-order valence-corrected chi connectivity index (χ3v) is 4.39. The first-order valence-electron chi connectivity index (χ1n) is 8.29. The van der Waals surface area contributed by atoms with Gasteiger partial charge in [-0.2, -0.15) is 0 Å². The van der Waals surface area contributed by atoms with E-state index in [9.17, 15) is 13.6 Å². The molecule has 1 aromatic heterocycles. The maximum Gasteiger partial charge on any atom is 0.224 e. The number of benzene rings is 3. The van der Waals surface area contributed by atoms with Crippen LogP contribution in [0.3, 0.4) is 0 Å².